The lowest BCUT2D eigenvalue weighted by molar-refractivity contribution is 0.0950. The quantitative estimate of drug-likeness (QED) is 0.829. The van der Waals surface area contributed by atoms with E-state index in [0.29, 0.717) is 24.1 Å². The summed E-state index contributed by atoms with van der Waals surface area (Å²) in [5.41, 5.74) is 3.66. The van der Waals surface area contributed by atoms with Crippen LogP contribution in [0.25, 0.3) is 0 Å². The fourth-order valence-electron chi connectivity index (χ4n) is 1.45. The lowest BCUT2D eigenvalue weighted by atomic mass is 10.2. The fourth-order valence-corrected chi connectivity index (χ4v) is 2.01. The van der Waals surface area contributed by atoms with Gasteiger partial charge in [-0.3, -0.25) is 9.78 Å². The van der Waals surface area contributed by atoms with Crippen LogP contribution in [0.4, 0.5) is 0 Å². The van der Waals surface area contributed by atoms with Gasteiger partial charge in [-0.1, -0.05) is 11.8 Å². The van der Waals surface area contributed by atoms with Crippen molar-refractivity contribution < 1.29 is 9.90 Å². The van der Waals surface area contributed by atoms with E-state index in [1.165, 1.54) is 17.5 Å². The van der Waals surface area contributed by atoms with E-state index in [0.717, 1.165) is 5.69 Å². The molecular formula is C14H13N3O2S. The molecule has 0 atom stereocenters. The van der Waals surface area contributed by atoms with Gasteiger partial charge in [0, 0.05) is 29.8 Å². The molecule has 0 unspecified atom stereocenters. The number of hydrogen-bond donors (Lipinski definition) is 2. The third-order valence-corrected chi connectivity index (χ3v) is 3.02. The van der Waals surface area contributed by atoms with E-state index in [-0.39, 0.29) is 12.5 Å². The van der Waals surface area contributed by atoms with Gasteiger partial charge in [0.25, 0.3) is 5.91 Å². The molecule has 0 fully saturated rings. The molecule has 2 N–H and O–H groups in total. The zero-order valence-electron chi connectivity index (χ0n) is 10.7. The maximum Gasteiger partial charge on any atom is 0.253 e. The lowest BCUT2D eigenvalue weighted by Crippen LogP contribution is -2.23. The van der Waals surface area contributed by atoms with Gasteiger partial charge in [0.05, 0.1) is 29.9 Å². The highest BCUT2D eigenvalue weighted by Gasteiger charge is 2.06. The number of pyridine rings is 1. The minimum atomic E-state index is -0.212. The van der Waals surface area contributed by atoms with Gasteiger partial charge in [0.15, 0.2) is 0 Å². The first-order valence-corrected chi connectivity index (χ1v) is 6.94. The zero-order valence-corrected chi connectivity index (χ0v) is 11.5. The Morgan fingerprint density at radius 3 is 3.10 bits per heavy atom. The Labute approximate surface area is 120 Å². The van der Waals surface area contributed by atoms with Crippen LogP contribution in [0.3, 0.4) is 0 Å². The van der Waals surface area contributed by atoms with Crippen LogP contribution in [0.15, 0.2) is 29.4 Å². The van der Waals surface area contributed by atoms with Crippen molar-refractivity contribution in [3.63, 3.8) is 0 Å². The summed E-state index contributed by atoms with van der Waals surface area (Å²) in [7, 11) is 0. The highest BCUT2D eigenvalue weighted by atomic mass is 32.1. The van der Waals surface area contributed by atoms with E-state index in [4.69, 9.17) is 5.11 Å². The summed E-state index contributed by atoms with van der Waals surface area (Å²) in [6.45, 7) is 0.414. The largest absolute Gasteiger partial charge is 0.395 e. The zero-order chi connectivity index (χ0) is 14.2. The van der Waals surface area contributed by atoms with Crippen molar-refractivity contribution in [2.24, 2.45) is 0 Å². The summed E-state index contributed by atoms with van der Waals surface area (Å²) in [6.07, 6.45) is 3.48. The maximum atomic E-state index is 12.0. The van der Waals surface area contributed by atoms with Crippen molar-refractivity contribution >= 4 is 17.2 Å². The lowest BCUT2D eigenvalue weighted by Gasteiger charge is -2.03. The van der Waals surface area contributed by atoms with Crippen molar-refractivity contribution in [2.45, 2.75) is 13.0 Å². The molecule has 2 aromatic heterocycles. The third kappa shape index (κ3) is 4.16. The number of aliphatic hydroxyl groups excluding tert-OH is 1. The summed E-state index contributed by atoms with van der Waals surface area (Å²) >= 11 is 1.49. The molecule has 2 heterocycles. The van der Waals surface area contributed by atoms with Crippen molar-refractivity contribution in [1.82, 2.24) is 15.3 Å². The molecule has 0 aliphatic heterocycles. The number of nitrogens with zero attached hydrogens (tertiary/aromatic N) is 2. The van der Waals surface area contributed by atoms with Crippen LogP contribution in [-0.2, 0) is 6.54 Å². The molecule has 5 nitrogen and oxygen atoms in total. The van der Waals surface area contributed by atoms with Crippen molar-refractivity contribution in [3.8, 4) is 11.8 Å². The van der Waals surface area contributed by atoms with E-state index in [9.17, 15) is 4.79 Å². The van der Waals surface area contributed by atoms with Gasteiger partial charge >= 0.3 is 0 Å². The van der Waals surface area contributed by atoms with Gasteiger partial charge in [-0.05, 0) is 6.07 Å². The molecule has 2 aromatic rings. The Hall–Kier alpha value is -2.23. The third-order valence-electron chi connectivity index (χ3n) is 2.38. The van der Waals surface area contributed by atoms with Gasteiger partial charge in [-0.25, -0.2) is 4.98 Å². The number of amides is 1. The van der Waals surface area contributed by atoms with Gasteiger partial charge in [-0.15, -0.1) is 11.3 Å². The predicted molar refractivity (Wildman–Crippen MR) is 76.1 cm³/mol. The molecule has 102 valence electrons. The minimum absolute atomic E-state index is 0.0221. The number of hydrogen-bond acceptors (Lipinski definition) is 5. The van der Waals surface area contributed by atoms with Crippen LogP contribution in [0.2, 0.25) is 0 Å². The van der Waals surface area contributed by atoms with Crippen LogP contribution in [0.1, 0.15) is 28.0 Å². The van der Waals surface area contributed by atoms with Crippen molar-refractivity contribution in [3.05, 3.63) is 46.2 Å². The van der Waals surface area contributed by atoms with Crippen LogP contribution in [0, 0.1) is 11.8 Å². The first-order chi connectivity index (χ1) is 9.79. The van der Waals surface area contributed by atoms with Crippen LogP contribution < -0.4 is 5.32 Å². The van der Waals surface area contributed by atoms with Gasteiger partial charge in [0.1, 0.15) is 0 Å². The molecule has 6 heteroatoms. The number of aromatic nitrogens is 2. The molecule has 2 rings (SSSR count). The molecule has 0 radical (unpaired) electrons. The van der Waals surface area contributed by atoms with Crippen molar-refractivity contribution in [1.29, 1.82) is 0 Å². The number of carbonyl (C=O) groups is 1. The minimum Gasteiger partial charge on any atom is -0.395 e. The van der Waals surface area contributed by atoms with Crippen LogP contribution >= 0.6 is 11.3 Å². The summed E-state index contributed by atoms with van der Waals surface area (Å²) in [6, 6.07) is 1.67. The second-order valence-corrected chi connectivity index (χ2v) is 4.62. The first kappa shape index (κ1) is 14.2. The van der Waals surface area contributed by atoms with Gasteiger partial charge in [0.2, 0.25) is 0 Å². The number of thiazole rings is 1. The fraction of sp³-hybridized carbons (Fsp3) is 0.214. The smallest absolute Gasteiger partial charge is 0.253 e. The first-order valence-electron chi connectivity index (χ1n) is 5.99. The molecule has 0 aromatic carbocycles. The second kappa shape index (κ2) is 7.38. The monoisotopic (exact) mass is 287 g/mol. The van der Waals surface area contributed by atoms with Gasteiger partial charge in [-0.2, -0.15) is 0 Å². The summed E-state index contributed by atoms with van der Waals surface area (Å²) in [5.74, 6) is 5.43. The Morgan fingerprint density at radius 2 is 2.35 bits per heavy atom. The molecule has 20 heavy (non-hydrogen) atoms. The van der Waals surface area contributed by atoms with Crippen LogP contribution in [-0.4, -0.2) is 27.6 Å². The highest BCUT2D eigenvalue weighted by Crippen LogP contribution is 2.04. The number of carbonyl (C=O) groups excluding carboxylic acids is 1. The number of nitrogens with one attached hydrogen (secondary N) is 1. The standard InChI is InChI=1S/C14H13N3O2S/c18-4-2-1-3-11-5-12(7-15-6-11)14(19)16-8-13-9-20-10-17-13/h5-7,9-10,18H,2,4,8H2,(H,16,19). The molecule has 1 amide bonds. The molecule has 0 spiro atoms. The Kier molecular flexibility index (Phi) is 5.24. The average Bonchev–Trinajstić information content (AvgIpc) is 2.99. The summed E-state index contributed by atoms with van der Waals surface area (Å²) in [4.78, 5) is 20.0. The molecule has 0 bridgehead atoms. The molecule has 0 saturated carbocycles. The van der Waals surface area contributed by atoms with Gasteiger partial charge < -0.3 is 10.4 Å². The summed E-state index contributed by atoms with van der Waals surface area (Å²) in [5, 5.41) is 13.3. The van der Waals surface area contributed by atoms with E-state index < -0.39 is 0 Å². The molecule has 0 saturated heterocycles. The predicted octanol–water partition coefficient (Wildman–Crippen LogP) is 1.20. The Morgan fingerprint density at radius 1 is 1.45 bits per heavy atom. The van der Waals surface area contributed by atoms with E-state index in [1.807, 2.05) is 5.38 Å². The topological polar surface area (TPSA) is 75.1 Å². The van der Waals surface area contributed by atoms with E-state index in [1.54, 1.807) is 17.8 Å². The van der Waals surface area contributed by atoms with E-state index in [2.05, 4.69) is 27.1 Å². The maximum absolute atomic E-state index is 12.0. The Balaban J connectivity index is 1.99. The Bertz CT molecular complexity index is 629. The second-order valence-electron chi connectivity index (χ2n) is 3.90. The molecular weight excluding hydrogens is 274 g/mol. The SMILES string of the molecule is O=C(NCc1cscn1)c1cncc(C#CCCO)c1. The number of rotatable bonds is 4. The normalized spacial score (nSPS) is 9.65. The molecule has 0 aliphatic rings. The van der Waals surface area contributed by atoms with E-state index >= 15 is 0 Å². The molecule has 0 aliphatic carbocycles. The number of aliphatic hydroxyl groups is 1. The van der Waals surface area contributed by atoms with Crippen molar-refractivity contribution in [2.75, 3.05) is 6.61 Å². The summed E-state index contributed by atoms with van der Waals surface area (Å²) < 4.78 is 0. The van der Waals surface area contributed by atoms with Crippen LogP contribution in [0.5, 0.6) is 0 Å². The average molecular weight is 287 g/mol. The highest BCUT2D eigenvalue weighted by molar-refractivity contribution is 7.07.